The van der Waals surface area contributed by atoms with Gasteiger partial charge in [-0.15, -0.1) is 0 Å². The average Bonchev–Trinajstić information content (AvgIpc) is 2.87. The molecule has 0 atom stereocenters. The van der Waals surface area contributed by atoms with Crippen molar-refractivity contribution >= 4 is 22.8 Å². The molecule has 0 aliphatic rings. The molecule has 2 aromatic heterocycles. The lowest BCUT2D eigenvalue weighted by molar-refractivity contribution is -0.142. The van der Waals surface area contributed by atoms with Crippen molar-refractivity contribution in [1.82, 2.24) is 18.5 Å². The molecule has 0 bridgehead atoms. The summed E-state index contributed by atoms with van der Waals surface area (Å²) in [6.07, 6.45) is -4.59. The molecule has 0 spiro atoms. The van der Waals surface area contributed by atoms with Gasteiger partial charge in [-0.05, 0) is 23.8 Å². The molecule has 2 heterocycles. The maximum absolute atomic E-state index is 12.6. The zero-order chi connectivity index (χ0) is 15.0. The van der Waals surface area contributed by atoms with E-state index < -0.39 is 17.4 Å². The normalized spacial score (nSPS) is 12.0. The van der Waals surface area contributed by atoms with E-state index in [2.05, 4.69) is 13.8 Å². The first-order chi connectivity index (χ1) is 9.93. The van der Waals surface area contributed by atoms with Gasteiger partial charge >= 0.3 is 6.18 Å². The summed E-state index contributed by atoms with van der Waals surface area (Å²) in [7, 11) is 0. The van der Waals surface area contributed by atoms with E-state index in [0.717, 1.165) is 22.5 Å². The Kier molecular flexibility index (Phi) is 3.20. The predicted molar refractivity (Wildman–Crippen MR) is 70.0 cm³/mol. The van der Waals surface area contributed by atoms with E-state index >= 15 is 0 Å². The molecule has 1 aromatic carbocycles. The molecule has 0 N–H and O–H groups in total. The maximum Gasteiger partial charge on any atom is 0.435 e. The fourth-order valence-corrected chi connectivity index (χ4v) is 2.33. The van der Waals surface area contributed by atoms with Gasteiger partial charge in [0.2, 0.25) is 0 Å². The van der Waals surface area contributed by atoms with Crippen molar-refractivity contribution in [3.63, 3.8) is 0 Å². The number of aromatic nitrogens is 4. The molecule has 108 valence electrons. The van der Waals surface area contributed by atoms with Crippen molar-refractivity contribution < 1.29 is 13.2 Å². The maximum atomic E-state index is 12.6. The summed E-state index contributed by atoms with van der Waals surface area (Å²) < 4.78 is 46.7. The number of halogens is 3. The summed E-state index contributed by atoms with van der Waals surface area (Å²) >= 11 is 1.04. The van der Waals surface area contributed by atoms with Crippen LogP contribution in [0.1, 0.15) is 11.3 Å². The summed E-state index contributed by atoms with van der Waals surface area (Å²) in [5.41, 5.74) is 0.271. The summed E-state index contributed by atoms with van der Waals surface area (Å²) in [5, 5.41) is 3.35. The fraction of sp³-hybridized carbons (Fsp3) is 0.167. The second-order valence-electron chi connectivity index (χ2n) is 4.30. The first-order valence-electron chi connectivity index (χ1n) is 5.80. The van der Waals surface area contributed by atoms with Crippen molar-refractivity contribution in [2.75, 3.05) is 0 Å². The van der Waals surface area contributed by atoms with Crippen LogP contribution in [-0.4, -0.2) is 18.5 Å². The Balaban J connectivity index is 1.98. The standard InChI is InChI=1S/C12H7F3N4OS/c13-12(14,15)10-3-4-11(20)19(16-10)6-7-1-2-8-9(5-7)18-21-17-8/h1-5H,6H2. The predicted octanol–water partition coefficient (Wildman–Crippen LogP) is 2.32. The van der Waals surface area contributed by atoms with Gasteiger partial charge in [0.05, 0.1) is 18.3 Å². The Hall–Kier alpha value is -2.29. The number of hydrogen-bond acceptors (Lipinski definition) is 5. The van der Waals surface area contributed by atoms with Crippen molar-refractivity contribution in [1.29, 1.82) is 0 Å². The molecule has 3 aromatic rings. The molecule has 21 heavy (non-hydrogen) atoms. The van der Waals surface area contributed by atoms with Crippen LogP contribution in [0.5, 0.6) is 0 Å². The molecule has 0 radical (unpaired) electrons. The van der Waals surface area contributed by atoms with Gasteiger partial charge in [-0.3, -0.25) is 4.79 Å². The topological polar surface area (TPSA) is 60.7 Å². The van der Waals surface area contributed by atoms with E-state index in [0.29, 0.717) is 22.7 Å². The van der Waals surface area contributed by atoms with Gasteiger partial charge in [-0.1, -0.05) is 6.07 Å². The SMILES string of the molecule is O=c1ccc(C(F)(F)F)nn1Cc1ccc2nsnc2c1. The van der Waals surface area contributed by atoms with E-state index in [4.69, 9.17) is 0 Å². The molecule has 5 nitrogen and oxygen atoms in total. The molecule has 0 fully saturated rings. The molecule has 0 saturated carbocycles. The average molecular weight is 312 g/mol. The molecule has 0 unspecified atom stereocenters. The number of rotatable bonds is 2. The van der Waals surface area contributed by atoms with Crippen molar-refractivity contribution in [3.05, 3.63) is 51.9 Å². The van der Waals surface area contributed by atoms with Crippen molar-refractivity contribution in [2.45, 2.75) is 12.7 Å². The number of fused-ring (bicyclic) bond motifs is 1. The Labute approximate surface area is 120 Å². The molecule has 0 saturated heterocycles. The van der Waals surface area contributed by atoms with E-state index in [9.17, 15) is 18.0 Å². The lowest BCUT2D eigenvalue weighted by Gasteiger charge is -2.09. The number of alkyl halides is 3. The summed E-state index contributed by atoms with van der Waals surface area (Å²) in [6.45, 7) is -0.0593. The van der Waals surface area contributed by atoms with Crippen LogP contribution in [0.2, 0.25) is 0 Å². The Bertz CT molecular complexity index is 855. The smallest absolute Gasteiger partial charge is 0.268 e. The minimum atomic E-state index is -4.59. The highest BCUT2D eigenvalue weighted by Gasteiger charge is 2.33. The van der Waals surface area contributed by atoms with Crippen LogP contribution in [0.3, 0.4) is 0 Å². The fourth-order valence-electron chi connectivity index (χ4n) is 1.81. The van der Waals surface area contributed by atoms with Gasteiger partial charge in [0.25, 0.3) is 5.56 Å². The Morgan fingerprint density at radius 2 is 1.86 bits per heavy atom. The number of hydrogen-bond donors (Lipinski definition) is 0. The van der Waals surface area contributed by atoms with Gasteiger partial charge < -0.3 is 0 Å². The van der Waals surface area contributed by atoms with Crippen molar-refractivity contribution in [2.24, 2.45) is 0 Å². The quantitative estimate of drug-likeness (QED) is 0.728. The molecular formula is C12H7F3N4OS. The van der Waals surface area contributed by atoms with E-state index in [1.165, 1.54) is 0 Å². The van der Waals surface area contributed by atoms with Gasteiger partial charge in [-0.2, -0.15) is 27.0 Å². The summed E-state index contributed by atoms with van der Waals surface area (Å²) in [5.74, 6) is 0. The van der Waals surface area contributed by atoms with E-state index in [1.54, 1.807) is 18.2 Å². The second kappa shape index (κ2) is 4.92. The largest absolute Gasteiger partial charge is 0.435 e. The van der Waals surface area contributed by atoms with Gasteiger partial charge in [-0.25, -0.2) is 4.68 Å². The Morgan fingerprint density at radius 1 is 1.10 bits per heavy atom. The van der Waals surface area contributed by atoms with Crippen LogP contribution in [0.4, 0.5) is 13.2 Å². The zero-order valence-corrected chi connectivity index (χ0v) is 11.1. The van der Waals surface area contributed by atoms with E-state index in [-0.39, 0.29) is 6.54 Å². The highest BCUT2D eigenvalue weighted by molar-refractivity contribution is 7.00. The summed E-state index contributed by atoms with van der Waals surface area (Å²) in [4.78, 5) is 11.6. The molecule has 0 amide bonds. The van der Waals surface area contributed by atoms with Gasteiger partial charge in [0.1, 0.15) is 11.0 Å². The van der Waals surface area contributed by atoms with Gasteiger partial charge in [0, 0.05) is 6.07 Å². The monoisotopic (exact) mass is 312 g/mol. The minimum Gasteiger partial charge on any atom is -0.268 e. The molecule has 0 aliphatic carbocycles. The third-order valence-corrected chi connectivity index (χ3v) is 3.36. The lowest BCUT2D eigenvalue weighted by Crippen LogP contribution is -2.26. The number of nitrogens with zero attached hydrogens (tertiary/aromatic N) is 4. The van der Waals surface area contributed by atoms with Crippen LogP contribution in [-0.2, 0) is 12.7 Å². The van der Waals surface area contributed by atoms with Gasteiger partial charge in [0.15, 0.2) is 5.69 Å². The highest BCUT2D eigenvalue weighted by Crippen LogP contribution is 2.26. The third-order valence-electron chi connectivity index (χ3n) is 2.81. The van der Waals surface area contributed by atoms with Crippen LogP contribution >= 0.6 is 11.7 Å². The molecular weight excluding hydrogens is 305 g/mol. The molecule has 9 heteroatoms. The minimum absolute atomic E-state index is 0.0593. The third kappa shape index (κ3) is 2.77. The zero-order valence-electron chi connectivity index (χ0n) is 10.3. The van der Waals surface area contributed by atoms with Crippen LogP contribution in [0.25, 0.3) is 11.0 Å². The first kappa shape index (κ1) is 13.7. The first-order valence-corrected chi connectivity index (χ1v) is 6.53. The highest BCUT2D eigenvalue weighted by atomic mass is 32.1. The summed E-state index contributed by atoms with van der Waals surface area (Å²) in [6, 6.07) is 6.59. The van der Waals surface area contributed by atoms with Crippen LogP contribution in [0.15, 0.2) is 35.1 Å². The second-order valence-corrected chi connectivity index (χ2v) is 4.83. The van der Waals surface area contributed by atoms with Crippen molar-refractivity contribution in [3.8, 4) is 0 Å². The van der Waals surface area contributed by atoms with E-state index in [1.807, 2.05) is 0 Å². The number of benzene rings is 1. The van der Waals surface area contributed by atoms with Crippen LogP contribution in [0, 0.1) is 0 Å². The van der Waals surface area contributed by atoms with Crippen LogP contribution < -0.4 is 5.56 Å². The lowest BCUT2D eigenvalue weighted by atomic mass is 10.2. The Morgan fingerprint density at radius 3 is 2.62 bits per heavy atom. The molecule has 0 aliphatic heterocycles. The molecule has 3 rings (SSSR count).